The number of ketones is 1. The average molecular weight is 473 g/mol. The topological polar surface area (TPSA) is 83.6 Å². The Hall–Kier alpha value is -3.90. The van der Waals surface area contributed by atoms with E-state index in [4.69, 9.17) is 16.0 Å². The number of benzene rings is 2. The van der Waals surface area contributed by atoms with E-state index in [1.165, 1.54) is 4.90 Å². The molecule has 6 nitrogen and oxygen atoms in total. The van der Waals surface area contributed by atoms with Gasteiger partial charge in [-0.25, -0.2) is 0 Å². The number of carbonyl (C=O) groups excluding carboxylic acids is 2. The van der Waals surface area contributed by atoms with E-state index in [1.807, 2.05) is 24.3 Å². The van der Waals surface area contributed by atoms with Crippen LogP contribution in [0.4, 0.5) is 5.69 Å². The molecule has 1 amide bonds. The summed E-state index contributed by atoms with van der Waals surface area (Å²) in [7, 11) is 0. The van der Waals surface area contributed by atoms with Crippen molar-refractivity contribution in [2.24, 2.45) is 0 Å². The van der Waals surface area contributed by atoms with Gasteiger partial charge in [-0.3, -0.25) is 19.5 Å². The smallest absolute Gasteiger partial charge is 0.294 e. The number of furan rings is 1. The molecule has 1 aliphatic heterocycles. The number of amides is 1. The largest absolute Gasteiger partial charge is 0.503 e. The summed E-state index contributed by atoms with van der Waals surface area (Å²) >= 11 is 6.06. The molecule has 0 radical (unpaired) electrons. The molecule has 7 heteroatoms. The second-order valence-electron chi connectivity index (χ2n) is 8.49. The number of hydrogen-bond donors (Lipinski definition) is 1. The molecule has 0 bridgehead atoms. The van der Waals surface area contributed by atoms with Crippen molar-refractivity contribution in [1.29, 1.82) is 0 Å². The van der Waals surface area contributed by atoms with Gasteiger partial charge in [0.15, 0.2) is 11.5 Å². The molecule has 1 atom stereocenters. The molecule has 2 aromatic carbocycles. The molecular formula is C27H21ClN2O4. The van der Waals surface area contributed by atoms with E-state index in [2.05, 4.69) is 18.8 Å². The van der Waals surface area contributed by atoms with E-state index < -0.39 is 23.5 Å². The van der Waals surface area contributed by atoms with Crippen LogP contribution < -0.4 is 4.90 Å². The van der Waals surface area contributed by atoms with Crippen LogP contribution in [0.3, 0.4) is 0 Å². The van der Waals surface area contributed by atoms with Gasteiger partial charge in [-0.1, -0.05) is 37.6 Å². The Morgan fingerprint density at radius 1 is 1.06 bits per heavy atom. The number of aromatic nitrogens is 1. The molecule has 0 spiro atoms. The van der Waals surface area contributed by atoms with Gasteiger partial charge >= 0.3 is 0 Å². The van der Waals surface area contributed by atoms with Crippen molar-refractivity contribution < 1.29 is 19.1 Å². The van der Waals surface area contributed by atoms with E-state index in [0.29, 0.717) is 33.2 Å². The molecule has 5 rings (SSSR count). The number of Topliss-reactive ketones (excluding diaryl/α,β-unsaturated/α-hetero) is 1. The fourth-order valence-corrected chi connectivity index (χ4v) is 4.42. The summed E-state index contributed by atoms with van der Waals surface area (Å²) in [5.74, 6) is -1.48. The number of aliphatic hydroxyl groups is 1. The zero-order valence-corrected chi connectivity index (χ0v) is 19.3. The van der Waals surface area contributed by atoms with Crippen molar-refractivity contribution >= 4 is 39.9 Å². The van der Waals surface area contributed by atoms with Crippen LogP contribution in [0.1, 0.15) is 47.5 Å². The van der Waals surface area contributed by atoms with Crippen molar-refractivity contribution in [2.45, 2.75) is 25.8 Å². The molecule has 2 aromatic heterocycles. The summed E-state index contributed by atoms with van der Waals surface area (Å²) in [5.41, 5.74) is 2.77. The number of halogens is 1. The summed E-state index contributed by atoms with van der Waals surface area (Å²) in [6.07, 6.45) is 3.17. The minimum absolute atomic E-state index is 0.0164. The zero-order chi connectivity index (χ0) is 24.0. The second-order valence-corrected chi connectivity index (χ2v) is 8.93. The number of aliphatic hydroxyl groups excluding tert-OH is 1. The molecule has 1 N–H and O–H groups in total. The summed E-state index contributed by atoms with van der Waals surface area (Å²) in [5, 5.41) is 12.1. The van der Waals surface area contributed by atoms with E-state index in [1.54, 1.807) is 48.8 Å². The Bertz CT molecular complexity index is 1440. The zero-order valence-electron chi connectivity index (χ0n) is 18.5. The van der Waals surface area contributed by atoms with Gasteiger partial charge in [0.2, 0.25) is 5.78 Å². The highest BCUT2D eigenvalue weighted by molar-refractivity contribution is 6.31. The fraction of sp³-hybridized carbons (Fsp3) is 0.148. The van der Waals surface area contributed by atoms with E-state index in [0.717, 1.165) is 5.56 Å². The van der Waals surface area contributed by atoms with Crippen LogP contribution in [0.2, 0.25) is 5.02 Å². The van der Waals surface area contributed by atoms with Crippen LogP contribution in [0, 0.1) is 0 Å². The Kier molecular flexibility index (Phi) is 5.46. The van der Waals surface area contributed by atoms with Crippen LogP contribution in [0.15, 0.2) is 88.8 Å². The van der Waals surface area contributed by atoms with Gasteiger partial charge in [0.1, 0.15) is 5.58 Å². The van der Waals surface area contributed by atoms with Crippen LogP contribution in [0.5, 0.6) is 0 Å². The number of anilines is 1. The molecule has 4 aromatic rings. The first kappa shape index (κ1) is 21.9. The van der Waals surface area contributed by atoms with Crippen molar-refractivity contribution in [1.82, 2.24) is 4.98 Å². The number of carbonyl (C=O) groups is 2. The lowest BCUT2D eigenvalue weighted by molar-refractivity contribution is -0.117. The average Bonchev–Trinajstić information content (AvgIpc) is 3.38. The minimum Gasteiger partial charge on any atom is -0.503 e. The molecule has 3 heterocycles. The van der Waals surface area contributed by atoms with E-state index >= 15 is 0 Å². The molecular weight excluding hydrogens is 452 g/mol. The van der Waals surface area contributed by atoms with Gasteiger partial charge < -0.3 is 9.52 Å². The van der Waals surface area contributed by atoms with Crippen molar-refractivity contribution in [3.8, 4) is 0 Å². The van der Waals surface area contributed by atoms with Gasteiger partial charge in [0.05, 0.1) is 11.6 Å². The number of nitrogens with zero attached hydrogens (tertiary/aromatic N) is 2. The predicted molar refractivity (Wildman–Crippen MR) is 130 cm³/mol. The van der Waals surface area contributed by atoms with Crippen LogP contribution in [-0.4, -0.2) is 21.8 Å². The molecule has 0 fully saturated rings. The maximum atomic E-state index is 13.6. The Morgan fingerprint density at radius 2 is 1.76 bits per heavy atom. The molecule has 0 saturated carbocycles. The highest BCUT2D eigenvalue weighted by Gasteiger charge is 2.45. The van der Waals surface area contributed by atoms with Gasteiger partial charge in [-0.15, -0.1) is 0 Å². The first-order valence-corrected chi connectivity index (χ1v) is 11.2. The fourth-order valence-electron chi connectivity index (χ4n) is 4.24. The van der Waals surface area contributed by atoms with Crippen LogP contribution in [0.25, 0.3) is 11.0 Å². The molecule has 0 saturated heterocycles. The molecule has 1 aliphatic rings. The first-order chi connectivity index (χ1) is 16.3. The molecule has 1 unspecified atom stereocenters. The third-order valence-corrected chi connectivity index (χ3v) is 6.25. The lowest BCUT2D eigenvalue weighted by Crippen LogP contribution is -2.31. The van der Waals surface area contributed by atoms with Crippen molar-refractivity contribution in [3.63, 3.8) is 0 Å². The number of pyridine rings is 1. The molecule has 170 valence electrons. The summed E-state index contributed by atoms with van der Waals surface area (Å²) < 4.78 is 5.75. The van der Waals surface area contributed by atoms with Gasteiger partial charge in [-0.05, 0) is 65.6 Å². The summed E-state index contributed by atoms with van der Waals surface area (Å²) in [4.78, 5) is 32.4. The third kappa shape index (κ3) is 3.66. The Labute approximate surface area is 201 Å². The quantitative estimate of drug-likeness (QED) is 0.340. The van der Waals surface area contributed by atoms with Gasteiger partial charge in [0.25, 0.3) is 5.91 Å². The van der Waals surface area contributed by atoms with Crippen LogP contribution >= 0.6 is 11.6 Å². The maximum absolute atomic E-state index is 13.6. The number of rotatable bonds is 5. The Balaban J connectivity index is 1.62. The monoisotopic (exact) mass is 472 g/mol. The number of fused-ring (bicyclic) bond motifs is 1. The molecule has 34 heavy (non-hydrogen) atoms. The molecule has 0 aliphatic carbocycles. The van der Waals surface area contributed by atoms with Gasteiger partial charge in [-0.2, -0.15) is 0 Å². The summed E-state index contributed by atoms with van der Waals surface area (Å²) in [6.45, 7) is 4.17. The van der Waals surface area contributed by atoms with Gasteiger partial charge in [0, 0.05) is 28.5 Å². The SMILES string of the molecule is CC(C)c1ccc(N2C(=O)C(O)=C(C(=O)c3cc4cc(Cl)ccc4o3)C2c2ccncc2)cc1. The van der Waals surface area contributed by atoms with Crippen LogP contribution in [-0.2, 0) is 4.79 Å². The predicted octanol–water partition coefficient (Wildman–Crippen LogP) is 6.39. The highest BCUT2D eigenvalue weighted by atomic mass is 35.5. The lowest BCUT2D eigenvalue weighted by atomic mass is 9.95. The van der Waals surface area contributed by atoms with Crippen molar-refractivity contribution in [3.05, 3.63) is 106 Å². The Morgan fingerprint density at radius 3 is 2.44 bits per heavy atom. The van der Waals surface area contributed by atoms with Crippen molar-refractivity contribution in [2.75, 3.05) is 4.90 Å². The lowest BCUT2D eigenvalue weighted by Gasteiger charge is -2.27. The minimum atomic E-state index is -0.843. The second kappa shape index (κ2) is 8.47. The first-order valence-electron chi connectivity index (χ1n) is 10.9. The number of hydrogen-bond acceptors (Lipinski definition) is 5. The summed E-state index contributed by atoms with van der Waals surface area (Å²) in [6, 6.07) is 16.7. The van der Waals surface area contributed by atoms with E-state index in [9.17, 15) is 14.7 Å². The standard InChI is InChI=1S/C27H21ClN2O4/c1-15(2)16-3-6-20(7-4-16)30-24(17-9-11-29-12-10-17)23(26(32)27(30)33)25(31)22-14-18-13-19(28)5-8-21(18)34-22/h3-15,24,32H,1-2H3. The normalized spacial score (nSPS) is 16.2. The maximum Gasteiger partial charge on any atom is 0.294 e. The van der Waals surface area contributed by atoms with E-state index in [-0.39, 0.29) is 11.3 Å². The third-order valence-electron chi connectivity index (χ3n) is 6.01. The highest BCUT2D eigenvalue weighted by Crippen LogP contribution is 2.42.